The molecule has 0 aliphatic heterocycles. The fraction of sp³-hybridized carbons (Fsp3) is 0.684. The molecule has 0 bridgehead atoms. The first kappa shape index (κ1) is 15.4. The average molecular weight is 272 g/mol. The van der Waals surface area contributed by atoms with Crippen molar-refractivity contribution in [3.63, 3.8) is 0 Å². The Bertz CT molecular complexity index is 380. The molecule has 1 heteroatoms. The summed E-state index contributed by atoms with van der Waals surface area (Å²) in [6, 6.07) is 0. The van der Waals surface area contributed by atoms with Crippen LogP contribution >= 0.6 is 0 Å². The van der Waals surface area contributed by atoms with Gasteiger partial charge in [-0.25, -0.2) is 0 Å². The van der Waals surface area contributed by atoms with Gasteiger partial charge in [0.1, 0.15) is 6.10 Å². The van der Waals surface area contributed by atoms with E-state index < -0.39 is 0 Å². The van der Waals surface area contributed by atoms with Crippen LogP contribution in [0.2, 0.25) is 0 Å². The van der Waals surface area contributed by atoms with Crippen LogP contribution in [0.15, 0.2) is 23.8 Å². The Kier molecular flexibility index (Phi) is 7.57. The van der Waals surface area contributed by atoms with Crippen LogP contribution in [0.4, 0.5) is 0 Å². The Balaban J connectivity index is 1.44. The number of hydrogen-bond acceptors (Lipinski definition) is 1. The van der Waals surface area contributed by atoms with E-state index in [1.54, 1.807) is 5.57 Å². The van der Waals surface area contributed by atoms with E-state index in [1.165, 1.54) is 57.8 Å². The zero-order valence-corrected chi connectivity index (χ0v) is 12.7. The number of unbranched alkanes of at least 4 members (excludes halogenated alkanes) is 3. The molecule has 0 heterocycles. The Morgan fingerprint density at radius 3 is 2.95 bits per heavy atom. The van der Waals surface area contributed by atoms with Gasteiger partial charge in [0.15, 0.2) is 0 Å². The third-order valence-electron chi connectivity index (χ3n) is 4.09. The molecule has 0 saturated carbocycles. The van der Waals surface area contributed by atoms with E-state index in [0.29, 0.717) is 0 Å². The first-order valence-electron chi connectivity index (χ1n) is 8.40. The van der Waals surface area contributed by atoms with Crippen LogP contribution in [0.1, 0.15) is 70.6 Å². The first-order valence-corrected chi connectivity index (χ1v) is 8.40. The highest BCUT2D eigenvalue weighted by Crippen LogP contribution is 2.18. The van der Waals surface area contributed by atoms with Crippen LogP contribution < -0.4 is 0 Å². The van der Waals surface area contributed by atoms with Crippen molar-refractivity contribution in [3.8, 4) is 11.8 Å². The number of allylic oxidation sites excluding steroid dienone is 4. The zero-order chi connectivity index (χ0) is 13.9. The topological polar surface area (TPSA) is 9.23 Å². The largest absolute Gasteiger partial charge is 0.366 e. The quantitative estimate of drug-likeness (QED) is 0.437. The van der Waals surface area contributed by atoms with Crippen molar-refractivity contribution in [1.29, 1.82) is 0 Å². The van der Waals surface area contributed by atoms with Crippen molar-refractivity contribution in [2.75, 3.05) is 6.61 Å². The second-order valence-electron chi connectivity index (χ2n) is 5.90. The minimum Gasteiger partial charge on any atom is -0.366 e. The second kappa shape index (κ2) is 9.83. The van der Waals surface area contributed by atoms with Crippen molar-refractivity contribution in [2.24, 2.45) is 0 Å². The van der Waals surface area contributed by atoms with Crippen molar-refractivity contribution in [1.82, 2.24) is 0 Å². The van der Waals surface area contributed by atoms with Crippen LogP contribution in [-0.4, -0.2) is 12.7 Å². The van der Waals surface area contributed by atoms with Crippen LogP contribution in [0, 0.1) is 11.8 Å². The van der Waals surface area contributed by atoms with Gasteiger partial charge >= 0.3 is 0 Å². The van der Waals surface area contributed by atoms with Crippen LogP contribution in [0.5, 0.6) is 0 Å². The third-order valence-corrected chi connectivity index (χ3v) is 4.09. The molecule has 0 aromatic heterocycles. The molecule has 110 valence electrons. The van der Waals surface area contributed by atoms with Gasteiger partial charge in [0.25, 0.3) is 0 Å². The number of ether oxygens (including phenoxy) is 1. The summed E-state index contributed by atoms with van der Waals surface area (Å²) < 4.78 is 5.90. The fourth-order valence-corrected chi connectivity index (χ4v) is 2.81. The van der Waals surface area contributed by atoms with Gasteiger partial charge < -0.3 is 4.74 Å². The maximum atomic E-state index is 5.90. The van der Waals surface area contributed by atoms with E-state index in [9.17, 15) is 0 Å². The molecule has 0 radical (unpaired) electrons. The maximum absolute atomic E-state index is 5.90. The first-order chi connectivity index (χ1) is 9.95. The van der Waals surface area contributed by atoms with Gasteiger partial charge in [-0.05, 0) is 44.9 Å². The lowest BCUT2D eigenvalue weighted by Crippen LogP contribution is -2.12. The van der Waals surface area contributed by atoms with E-state index in [-0.39, 0.29) is 6.10 Å². The van der Waals surface area contributed by atoms with Gasteiger partial charge in [-0.1, -0.05) is 49.0 Å². The van der Waals surface area contributed by atoms with Crippen molar-refractivity contribution >= 4 is 0 Å². The van der Waals surface area contributed by atoms with E-state index in [2.05, 4.69) is 30.1 Å². The SMILES string of the molecule is C1#CC(OCCCCCCC2=CC=CC2)CCCCC1. The lowest BCUT2D eigenvalue weighted by molar-refractivity contribution is 0.0801. The molecular weight excluding hydrogens is 244 g/mol. The summed E-state index contributed by atoms with van der Waals surface area (Å²) in [5.41, 5.74) is 1.60. The van der Waals surface area contributed by atoms with E-state index in [4.69, 9.17) is 4.74 Å². The summed E-state index contributed by atoms with van der Waals surface area (Å²) in [6.07, 6.45) is 20.6. The minimum absolute atomic E-state index is 0.213. The lowest BCUT2D eigenvalue weighted by Gasteiger charge is -2.13. The molecule has 2 aliphatic carbocycles. The van der Waals surface area contributed by atoms with E-state index in [1.807, 2.05) is 0 Å². The normalized spacial score (nSPS) is 21.8. The summed E-state index contributed by atoms with van der Waals surface area (Å²) >= 11 is 0. The molecule has 0 saturated heterocycles. The molecule has 0 N–H and O–H groups in total. The Morgan fingerprint density at radius 2 is 2.05 bits per heavy atom. The molecule has 20 heavy (non-hydrogen) atoms. The Morgan fingerprint density at radius 1 is 1.10 bits per heavy atom. The van der Waals surface area contributed by atoms with E-state index in [0.717, 1.165) is 19.4 Å². The smallest absolute Gasteiger partial charge is 0.118 e. The number of hydrogen-bond donors (Lipinski definition) is 0. The van der Waals surface area contributed by atoms with Crippen molar-refractivity contribution in [2.45, 2.75) is 76.7 Å². The summed E-state index contributed by atoms with van der Waals surface area (Å²) in [4.78, 5) is 0. The third kappa shape index (κ3) is 6.44. The molecule has 1 unspecified atom stereocenters. The van der Waals surface area contributed by atoms with Gasteiger partial charge in [-0.3, -0.25) is 0 Å². The standard InChI is InChI=1S/C19H28O/c1-2-7-15-19(16-8-3-1)20-17-11-5-4-6-12-18-13-9-10-14-18/h9-10,13,19H,1-7,11-12,14-15,17H2. The Labute approximate surface area is 124 Å². The molecule has 1 atom stereocenters. The zero-order valence-electron chi connectivity index (χ0n) is 12.7. The van der Waals surface area contributed by atoms with Gasteiger partial charge in [0.2, 0.25) is 0 Å². The average Bonchev–Trinajstić information content (AvgIpc) is 2.92. The monoisotopic (exact) mass is 272 g/mol. The Hall–Kier alpha value is -1.00. The molecule has 2 aliphatic rings. The number of rotatable bonds is 8. The van der Waals surface area contributed by atoms with Gasteiger partial charge in [0.05, 0.1) is 0 Å². The molecule has 1 nitrogen and oxygen atoms in total. The van der Waals surface area contributed by atoms with Crippen LogP contribution in [-0.2, 0) is 4.74 Å². The molecule has 0 fully saturated rings. The molecule has 0 aromatic carbocycles. The molecule has 0 aromatic rings. The van der Waals surface area contributed by atoms with Gasteiger partial charge in [0, 0.05) is 13.0 Å². The van der Waals surface area contributed by atoms with Crippen LogP contribution in [0.25, 0.3) is 0 Å². The highest BCUT2D eigenvalue weighted by Gasteiger charge is 2.06. The molecular formula is C19H28O. The highest BCUT2D eigenvalue weighted by molar-refractivity contribution is 5.22. The highest BCUT2D eigenvalue weighted by atomic mass is 16.5. The summed E-state index contributed by atoms with van der Waals surface area (Å²) in [6.45, 7) is 0.892. The van der Waals surface area contributed by atoms with Gasteiger partial charge in [-0.2, -0.15) is 0 Å². The van der Waals surface area contributed by atoms with E-state index >= 15 is 0 Å². The maximum Gasteiger partial charge on any atom is 0.118 e. The van der Waals surface area contributed by atoms with Crippen molar-refractivity contribution < 1.29 is 4.74 Å². The second-order valence-corrected chi connectivity index (χ2v) is 5.90. The summed E-state index contributed by atoms with van der Waals surface area (Å²) in [5, 5.41) is 0. The predicted molar refractivity (Wildman–Crippen MR) is 85.5 cm³/mol. The summed E-state index contributed by atoms with van der Waals surface area (Å²) in [7, 11) is 0. The van der Waals surface area contributed by atoms with Crippen molar-refractivity contribution in [3.05, 3.63) is 23.8 Å². The molecule has 2 rings (SSSR count). The molecule has 0 amide bonds. The minimum atomic E-state index is 0.213. The van der Waals surface area contributed by atoms with Crippen LogP contribution in [0.3, 0.4) is 0 Å². The molecule has 0 spiro atoms. The van der Waals surface area contributed by atoms with Gasteiger partial charge in [-0.15, -0.1) is 5.92 Å². The predicted octanol–water partition coefficient (Wildman–Crippen LogP) is 5.18. The summed E-state index contributed by atoms with van der Waals surface area (Å²) in [5.74, 6) is 6.52. The lowest BCUT2D eigenvalue weighted by atomic mass is 10.1. The fourth-order valence-electron chi connectivity index (χ4n) is 2.81.